The smallest absolute Gasteiger partial charge is 0.258 e. The van der Waals surface area contributed by atoms with Gasteiger partial charge in [0.05, 0.1) is 5.41 Å². The Bertz CT molecular complexity index is 1620. The number of carbonyl (C=O) groups is 3. The van der Waals surface area contributed by atoms with Crippen LogP contribution < -0.4 is 10.2 Å². The second kappa shape index (κ2) is 11.6. The number of hydrogen-bond acceptors (Lipinski definition) is 3. The highest BCUT2D eigenvalue weighted by molar-refractivity contribution is 6.10. The van der Waals surface area contributed by atoms with Gasteiger partial charge in [-0.1, -0.05) is 66.7 Å². The quantitative estimate of drug-likeness (QED) is 0.293. The normalized spacial score (nSPS) is 18.4. The maximum atomic E-state index is 13.9. The van der Waals surface area contributed by atoms with Crippen LogP contribution in [-0.2, 0) is 11.2 Å². The van der Waals surface area contributed by atoms with Crippen LogP contribution in [-0.4, -0.2) is 42.3 Å². The van der Waals surface area contributed by atoms with Gasteiger partial charge in [-0.05, 0) is 85.7 Å². The average Bonchev–Trinajstić information content (AvgIpc) is 3.20. The predicted molar refractivity (Wildman–Crippen MR) is 167 cm³/mol. The molecule has 4 aromatic rings. The summed E-state index contributed by atoms with van der Waals surface area (Å²) in [6.07, 6.45) is 3.12. The second-order valence-corrected chi connectivity index (χ2v) is 11.2. The van der Waals surface area contributed by atoms with Gasteiger partial charge in [-0.2, -0.15) is 0 Å². The first-order valence-electron chi connectivity index (χ1n) is 14.7. The van der Waals surface area contributed by atoms with Crippen LogP contribution in [0, 0.1) is 5.41 Å². The lowest BCUT2D eigenvalue weighted by atomic mass is 9.72. The average molecular weight is 558 g/mol. The number of benzene rings is 4. The van der Waals surface area contributed by atoms with Gasteiger partial charge in [0.2, 0.25) is 5.91 Å². The van der Waals surface area contributed by atoms with Crippen molar-refractivity contribution in [3.63, 3.8) is 0 Å². The molecule has 3 amide bonds. The summed E-state index contributed by atoms with van der Waals surface area (Å²) in [6, 6.07) is 32.4. The highest BCUT2D eigenvalue weighted by atomic mass is 16.2. The molecular formula is C36H35N3O3. The minimum Gasteiger partial charge on any atom is -0.342 e. The Hall–Kier alpha value is -4.71. The Morgan fingerprint density at radius 1 is 0.810 bits per heavy atom. The summed E-state index contributed by atoms with van der Waals surface area (Å²) in [5.41, 5.74) is 5.00. The number of likely N-dealkylation sites (tertiary alicyclic amines) is 1. The van der Waals surface area contributed by atoms with E-state index in [0.717, 1.165) is 41.8 Å². The number of piperidine rings is 1. The number of para-hydroxylation sites is 1. The Balaban J connectivity index is 1.21. The van der Waals surface area contributed by atoms with E-state index < -0.39 is 5.41 Å². The van der Waals surface area contributed by atoms with Gasteiger partial charge in [0.1, 0.15) is 0 Å². The van der Waals surface area contributed by atoms with Crippen LogP contribution in [0.1, 0.15) is 52.5 Å². The number of hydrogen-bond donors (Lipinski definition) is 1. The van der Waals surface area contributed by atoms with Gasteiger partial charge in [0.15, 0.2) is 0 Å². The van der Waals surface area contributed by atoms with Gasteiger partial charge in [0.25, 0.3) is 11.8 Å². The summed E-state index contributed by atoms with van der Waals surface area (Å²) >= 11 is 0. The molecule has 1 atom stereocenters. The fraction of sp³-hybridized carbons (Fsp3) is 0.250. The van der Waals surface area contributed by atoms with Gasteiger partial charge in [-0.3, -0.25) is 14.4 Å². The number of anilines is 2. The van der Waals surface area contributed by atoms with Crippen LogP contribution >= 0.6 is 0 Å². The van der Waals surface area contributed by atoms with Gasteiger partial charge < -0.3 is 15.1 Å². The molecule has 2 heterocycles. The van der Waals surface area contributed by atoms with E-state index in [9.17, 15) is 14.4 Å². The summed E-state index contributed by atoms with van der Waals surface area (Å²) in [5.74, 6) is -0.102. The molecule has 0 aromatic heterocycles. The molecule has 4 aromatic carbocycles. The summed E-state index contributed by atoms with van der Waals surface area (Å²) < 4.78 is 0. The molecule has 2 aliphatic rings. The number of carbonyl (C=O) groups excluding carboxylic acids is 3. The van der Waals surface area contributed by atoms with Gasteiger partial charge >= 0.3 is 0 Å². The van der Waals surface area contributed by atoms with Crippen molar-refractivity contribution in [2.45, 2.75) is 32.6 Å². The van der Waals surface area contributed by atoms with Crippen molar-refractivity contribution in [2.75, 3.05) is 29.9 Å². The molecule has 0 radical (unpaired) electrons. The van der Waals surface area contributed by atoms with Gasteiger partial charge in [-0.25, -0.2) is 0 Å². The first-order chi connectivity index (χ1) is 20.5. The highest BCUT2D eigenvalue weighted by Gasteiger charge is 2.45. The molecule has 0 bridgehead atoms. The van der Waals surface area contributed by atoms with E-state index in [1.54, 1.807) is 24.3 Å². The third-order valence-electron chi connectivity index (χ3n) is 8.72. The lowest BCUT2D eigenvalue weighted by Crippen LogP contribution is -2.50. The van der Waals surface area contributed by atoms with E-state index in [1.165, 1.54) is 0 Å². The van der Waals surface area contributed by atoms with Crippen molar-refractivity contribution in [3.05, 3.63) is 120 Å². The van der Waals surface area contributed by atoms with Crippen LogP contribution in [0.4, 0.5) is 11.4 Å². The van der Waals surface area contributed by atoms with E-state index in [2.05, 4.69) is 5.32 Å². The lowest BCUT2D eigenvalue weighted by molar-refractivity contribution is -0.146. The third-order valence-corrected chi connectivity index (χ3v) is 8.72. The molecule has 212 valence electrons. The summed E-state index contributed by atoms with van der Waals surface area (Å²) in [6.45, 7) is 4.03. The predicted octanol–water partition coefficient (Wildman–Crippen LogP) is 6.83. The van der Waals surface area contributed by atoms with Gasteiger partial charge in [-0.15, -0.1) is 0 Å². The minimum absolute atomic E-state index is 0.109. The first kappa shape index (κ1) is 27.5. The lowest BCUT2D eigenvalue weighted by Gasteiger charge is -2.41. The highest BCUT2D eigenvalue weighted by Crippen LogP contribution is 2.43. The van der Waals surface area contributed by atoms with Crippen molar-refractivity contribution >= 4 is 29.1 Å². The van der Waals surface area contributed by atoms with E-state index in [0.29, 0.717) is 42.7 Å². The number of nitrogens with one attached hydrogen (secondary N) is 1. The summed E-state index contributed by atoms with van der Waals surface area (Å²) in [4.78, 5) is 44.5. The molecule has 1 saturated heterocycles. The molecule has 42 heavy (non-hydrogen) atoms. The zero-order chi connectivity index (χ0) is 29.1. The molecule has 2 aliphatic heterocycles. The van der Waals surface area contributed by atoms with E-state index in [1.807, 2.05) is 95.6 Å². The van der Waals surface area contributed by atoms with E-state index >= 15 is 0 Å². The van der Waals surface area contributed by atoms with Crippen molar-refractivity contribution in [1.82, 2.24) is 4.90 Å². The number of amides is 3. The third kappa shape index (κ3) is 5.20. The topological polar surface area (TPSA) is 69.7 Å². The zero-order valence-electron chi connectivity index (χ0n) is 23.9. The van der Waals surface area contributed by atoms with E-state index in [-0.39, 0.29) is 17.7 Å². The van der Waals surface area contributed by atoms with Crippen molar-refractivity contribution in [1.29, 1.82) is 0 Å². The van der Waals surface area contributed by atoms with Crippen molar-refractivity contribution in [3.8, 4) is 11.1 Å². The SMILES string of the molecule is CCN1CCCC2(CCN(C(=O)c3ccc(NC(=O)c4ccccc4-c4ccccc4)cc3)c3ccccc3C2)C1=O. The first-order valence-corrected chi connectivity index (χ1v) is 14.7. The molecule has 1 spiro atoms. The van der Waals surface area contributed by atoms with Gasteiger partial charge in [0, 0.05) is 42.1 Å². The molecule has 0 saturated carbocycles. The fourth-order valence-corrected chi connectivity index (χ4v) is 6.48. The maximum Gasteiger partial charge on any atom is 0.258 e. The van der Waals surface area contributed by atoms with Crippen LogP contribution in [0.2, 0.25) is 0 Å². The largest absolute Gasteiger partial charge is 0.342 e. The summed E-state index contributed by atoms with van der Waals surface area (Å²) in [5, 5.41) is 2.99. The molecule has 1 fully saturated rings. The Morgan fingerprint density at radius 2 is 1.52 bits per heavy atom. The molecule has 0 aliphatic carbocycles. The Morgan fingerprint density at radius 3 is 2.31 bits per heavy atom. The van der Waals surface area contributed by atoms with E-state index in [4.69, 9.17) is 0 Å². The standard InChI is InChI=1S/C36H35N3O3/c1-2-38-23-10-21-36(35(38)42)22-24-39(32-16-9-6-13-28(32)25-36)34(41)27-17-19-29(20-18-27)37-33(40)31-15-8-7-14-30(31)26-11-4-3-5-12-26/h3-9,11-20H,2,10,21-25H2,1H3,(H,37,40). The molecule has 6 rings (SSSR count). The number of fused-ring (bicyclic) bond motifs is 1. The molecule has 1 N–H and O–H groups in total. The summed E-state index contributed by atoms with van der Waals surface area (Å²) in [7, 11) is 0. The van der Waals surface area contributed by atoms with Crippen molar-refractivity contribution in [2.24, 2.45) is 5.41 Å². The molecular weight excluding hydrogens is 522 g/mol. The molecule has 6 heteroatoms. The number of nitrogens with zero attached hydrogens (tertiary/aromatic N) is 2. The maximum absolute atomic E-state index is 13.9. The number of rotatable bonds is 5. The minimum atomic E-state index is -0.469. The van der Waals surface area contributed by atoms with Crippen LogP contribution in [0.15, 0.2) is 103 Å². The Labute approximate surface area is 247 Å². The molecule has 6 nitrogen and oxygen atoms in total. The molecule has 1 unspecified atom stereocenters. The van der Waals surface area contributed by atoms with Crippen LogP contribution in [0.5, 0.6) is 0 Å². The Kier molecular flexibility index (Phi) is 7.62. The van der Waals surface area contributed by atoms with Crippen LogP contribution in [0.3, 0.4) is 0 Å². The van der Waals surface area contributed by atoms with Crippen LogP contribution in [0.25, 0.3) is 11.1 Å². The zero-order valence-corrected chi connectivity index (χ0v) is 23.9. The monoisotopic (exact) mass is 557 g/mol. The van der Waals surface area contributed by atoms with Crippen molar-refractivity contribution < 1.29 is 14.4 Å². The fourth-order valence-electron chi connectivity index (χ4n) is 6.48. The second-order valence-electron chi connectivity index (χ2n) is 11.2.